The van der Waals surface area contributed by atoms with E-state index in [4.69, 9.17) is 42.0 Å². The van der Waals surface area contributed by atoms with E-state index in [-0.39, 0.29) is 25.4 Å². The highest BCUT2D eigenvalue weighted by molar-refractivity contribution is 6.61. The van der Waals surface area contributed by atoms with Gasteiger partial charge in [-0.3, -0.25) is 0 Å². The second-order valence-electron chi connectivity index (χ2n) is 18.5. The van der Waals surface area contributed by atoms with Crippen LogP contribution in [0.2, 0.25) is 0 Å². The quantitative estimate of drug-likeness (QED) is 0.0314. The summed E-state index contributed by atoms with van der Waals surface area (Å²) < 4.78 is 25.1. The normalized spacial score (nSPS) is 11.9. The lowest BCUT2D eigenvalue weighted by atomic mass is 10.1. The van der Waals surface area contributed by atoms with Gasteiger partial charge in [-0.05, 0) is 128 Å². The number of amides is 4. The molecule has 0 fully saturated rings. The smallest absolute Gasteiger partial charge is 0.407 e. The third kappa shape index (κ3) is 42.3. The molecule has 3 rings (SSSR count). The van der Waals surface area contributed by atoms with E-state index >= 15 is 0 Å². The lowest BCUT2D eigenvalue weighted by Crippen LogP contribution is -2.33. The Kier molecular flexibility index (Phi) is 35.2. The van der Waals surface area contributed by atoms with Crippen LogP contribution in [0, 0.1) is 17.8 Å². The van der Waals surface area contributed by atoms with Gasteiger partial charge in [0.25, 0.3) is 0 Å². The molecule has 4 amide bonds. The number of carbonyl (C=O) groups is 5. The molecule has 388 valence electrons. The average Bonchev–Trinajstić information content (AvgIpc) is 3.30. The Morgan fingerprint density at radius 1 is 0.493 bits per heavy atom. The van der Waals surface area contributed by atoms with Crippen molar-refractivity contribution in [1.29, 1.82) is 0 Å². The van der Waals surface area contributed by atoms with Gasteiger partial charge < -0.3 is 56.4 Å². The van der Waals surface area contributed by atoms with Gasteiger partial charge in [0.1, 0.15) is 31.0 Å². The maximum Gasteiger partial charge on any atom is 0.407 e. The Morgan fingerprint density at radius 3 is 1.14 bits per heavy atom. The van der Waals surface area contributed by atoms with Crippen molar-refractivity contribution in [3.05, 3.63) is 108 Å². The van der Waals surface area contributed by atoms with Crippen molar-refractivity contribution >= 4 is 41.4 Å². The van der Waals surface area contributed by atoms with Crippen LogP contribution in [0.1, 0.15) is 118 Å². The number of ether oxygens (including phenoxy) is 5. The summed E-state index contributed by atoms with van der Waals surface area (Å²) in [5, 5.41) is 11.0. The zero-order chi connectivity index (χ0) is 51.9. The second kappa shape index (κ2) is 38.3. The molecule has 0 aliphatic carbocycles. The van der Waals surface area contributed by atoms with Crippen molar-refractivity contribution in [2.24, 2.45) is 29.2 Å². The summed E-state index contributed by atoms with van der Waals surface area (Å²) in [5.74, 6) is 1.24. The maximum absolute atomic E-state index is 11.7. The average molecular weight is 988 g/mol. The minimum absolute atomic E-state index is 0.239. The first-order valence-electron chi connectivity index (χ1n) is 23.7. The highest BCUT2D eigenvalue weighted by atomic mass is 35.5. The van der Waals surface area contributed by atoms with Crippen LogP contribution >= 0.6 is 11.6 Å². The summed E-state index contributed by atoms with van der Waals surface area (Å²) in [5.41, 5.74) is 12.1. The minimum atomic E-state index is -0.770. The molecule has 8 N–H and O–H groups in total. The molecular formula is C52H83ClN6O10. The van der Waals surface area contributed by atoms with Gasteiger partial charge in [0.05, 0.1) is 0 Å². The summed E-state index contributed by atoms with van der Waals surface area (Å²) in [4.78, 5) is 56.0. The lowest BCUT2D eigenvalue weighted by Gasteiger charge is -2.20. The molecule has 0 bridgehead atoms. The molecular weight excluding hydrogens is 904 g/mol. The van der Waals surface area contributed by atoms with E-state index in [1.54, 1.807) is 0 Å². The first-order valence-corrected chi connectivity index (χ1v) is 24.1. The molecule has 0 aliphatic heterocycles. The fraction of sp³-hybridized carbons (Fsp3) is 0.558. The number of hydrogen-bond acceptors (Lipinski definition) is 12. The van der Waals surface area contributed by atoms with Crippen LogP contribution in [0.4, 0.5) is 24.0 Å². The van der Waals surface area contributed by atoms with Crippen LogP contribution < -0.4 is 32.7 Å². The Balaban J connectivity index is 0.000000932. The molecule has 0 aliphatic rings. The van der Waals surface area contributed by atoms with Crippen LogP contribution in [-0.4, -0.2) is 80.3 Å². The molecule has 3 aromatic rings. The van der Waals surface area contributed by atoms with E-state index < -0.39 is 28.8 Å². The van der Waals surface area contributed by atoms with Crippen LogP contribution in [0.3, 0.4) is 0 Å². The van der Waals surface area contributed by atoms with Crippen molar-refractivity contribution in [2.75, 3.05) is 39.3 Å². The number of carbonyl (C=O) groups excluding carboxylic acids is 5. The molecule has 0 radical (unpaired) electrons. The van der Waals surface area contributed by atoms with Crippen molar-refractivity contribution in [3.63, 3.8) is 0 Å². The highest BCUT2D eigenvalue weighted by Crippen LogP contribution is 2.10. The third-order valence-electron chi connectivity index (χ3n) is 9.20. The Morgan fingerprint density at radius 2 is 0.826 bits per heavy atom. The third-order valence-corrected chi connectivity index (χ3v) is 9.31. The van der Waals surface area contributed by atoms with E-state index in [0.29, 0.717) is 63.6 Å². The summed E-state index contributed by atoms with van der Waals surface area (Å²) in [7, 11) is 0. The van der Waals surface area contributed by atoms with E-state index in [1.165, 1.54) is 0 Å². The predicted molar refractivity (Wildman–Crippen MR) is 274 cm³/mol. The maximum atomic E-state index is 11.7. The summed E-state index contributed by atoms with van der Waals surface area (Å²) in [6, 6.07) is 28.5. The summed E-state index contributed by atoms with van der Waals surface area (Å²) in [6.07, 6.45) is 4.17. The molecule has 69 heavy (non-hydrogen) atoms. The summed E-state index contributed by atoms with van der Waals surface area (Å²) >= 11 is 4.97. The van der Waals surface area contributed by atoms with E-state index in [1.807, 2.05) is 139 Å². The SMILES string of the molecule is C[C@@H](CCCN)CNC(=O)OCc1ccccc1.C[C@@H](CCCNC(=O)OC(C)(C)C)CNC(=O)OCc1ccccc1.C[C@H](CN)CCCNC(=O)OC(C)(C)C.O=C(Cl)OCc1ccccc1. The Labute approximate surface area is 417 Å². The zero-order valence-corrected chi connectivity index (χ0v) is 43.4. The molecule has 0 heterocycles. The first-order chi connectivity index (χ1) is 32.6. The predicted octanol–water partition coefficient (Wildman–Crippen LogP) is 10.6. The van der Waals surface area contributed by atoms with Crippen LogP contribution in [-0.2, 0) is 43.5 Å². The fourth-order valence-corrected chi connectivity index (χ4v) is 5.53. The van der Waals surface area contributed by atoms with Gasteiger partial charge in [0.15, 0.2) is 0 Å². The molecule has 0 saturated carbocycles. The van der Waals surface area contributed by atoms with Gasteiger partial charge in [-0.2, -0.15) is 0 Å². The van der Waals surface area contributed by atoms with Crippen molar-refractivity contribution < 1.29 is 47.7 Å². The first kappa shape index (κ1) is 63.4. The molecule has 0 unspecified atom stereocenters. The second-order valence-corrected chi connectivity index (χ2v) is 18.8. The number of rotatable bonds is 22. The Hall–Kier alpha value is -5.58. The minimum Gasteiger partial charge on any atom is -0.449 e. The number of benzene rings is 3. The molecule has 3 atom stereocenters. The topological polar surface area (TPSA) is 232 Å². The fourth-order valence-electron chi connectivity index (χ4n) is 5.48. The lowest BCUT2D eigenvalue weighted by molar-refractivity contribution is 0.0515. The van der Waals surface area contributed by atoms with E-state index in [2.05, 4.69) is 39.9 Å². The van der Waals surface area contributed by atoms with Crippen LogP contribution in [0.15, 0.2) is 91.0 Å². The molecule has 17 heteroatoms. The van der Waals surface area contributed by atoms with Crippen molar-refractivity contribution in [3.8, 4) is 0 Å². The monoisotopic (exact) mass is 987 g/mol. The standard InChI is InChI=1S/C19H30N2O4.C14H22N2O2.C11H24N2O2.C8H7ClO2/c1-15(9-8-12-20-18(23)25-19(2,3)4)13-21-17(22)24-14-16-10-6-5-7-11-16;1-12(6-5-9-15)10-16-14(17)18-11-13-7-3-2-4-8-13;1-9(8-12)6-5-7-13-10(14)15-11(2,3)4;9-8(10)11-6-7-4-2-1-3-5-7/h5-7,10-11,15H,8-9,12-14H2,1-4H3,(H,20,23)(H,21,22);2-4,7-8,12H,5-6,9-11,15H2,1H3,(H,16,17);9H,5-8,12H2,1-4H3,(H,13,14);1-5H,6H2/t15-;12-;9-;/m000./s1. The Bertz CT molecular complexity index is 1800. The van der Waals surface area contributed by atoms with E-state index in [9.17, 15) is 24.0 Å². The molecule has 16 nitrogen and oxygen atoms in total. The molecule has 0 saturated heterocycles. The van der Waals surface area contributed by atoms with Gasteiger partial charge in [-0.15, -0.1) is 0 Å². The van der Waals surface area contributed by atoms with Crippen LogP contribution in [0.25, 0.3) is 0 Å². The van der Waals surface area contributed by atoms with Gasteiger partial charge in [-0.25, -0.2) is 24.0 Å². The van der Waals surface area contributed by atoms with Gasteiger partial charge in [0, 0.05) is 37.8 Å². The van der Waals surface area contributed by atoms with Crippen molar-refractivity contribution in [2.45, 2.75) is 132 Å². The molecule has 0 spiro atoms. The number of hydrogen-bond donors (Lipinski definition) is 6. The van der Waals surface area contributed by atoms with Crippen LogP contribution in [0.5, 0.6) is 0 Å². The van der Waals surface area contributed by atoms with Gasteiger partial charge >= 0.3 is 29.8 Å². The number of nitrogens with two attached hydrogens (primary N) is 2. The largest absolute Gasteiger partial charge is 0.449 e. The van der Waals surface area contributed by atoms with E-state index in [0.717, 1.165) is 55.2 Å². The summed E-state index contributed by atoms with van der Waals surface area (Å²) in [6.45, 7) is 21.9. The zero-order valence-electron chi connectivity index (χ0n) is 42.6. The number of nitrogens with one attached hydrogen (secondary N) is 4. The van der Waals surface area contributed by atoms with Crippen molar-refractivity contribution in [1.82, 2.24) is 21.3 Å². The molecule has 0 aromatic heterocycles. The molecule has 3 aromatic carbocycles. The number of halogens is 1. The van der Waals surface area contributed by atoms with Gasteiger partial charge in [-0.1, -0.05) is 112 Å². The number of alkyl carbamates (subject to hydrolysis) is 4. The highest BCUT2D eigenvalue weighted by Gasteiger charge is 2.17. The van der Waals surface area contributed by atoms with Gasteiger partial charge in [0.2, 0.25) is 0 Å².